The molecule has 3 heterocycles. The van der Waals surface area contributed by atoms with Gasteiger partial charge in [0.2, 0.25) is 11.2 Å². The Kier molecular flexibility index (Phi) is 5.12. The molecule has 122 valence electrons. The van der Waals surface area contributed by atoms with E-state index in [0.717, 1.165) is 18.5 Å². The second kappa shape index (κ2) is 7.65. The van der Waals surface area contributed by atoms with Gasteiger partial charge in [-0.2, -0.15) is 4.98 Å². The second-order valence-electron chi connectivity index (χ2n) is 5.02. The fraction of sp³-hybridized carbons (Fsp3) is 0.188. The van der Waals surface area contributed by atoms with Gasteiger partial charge in [0, 0.05) is 38.4 Å². The second-order valence-corrected chi connectivity index (χ2v) is 5.36. The van der Waals surface area contributed by atoms with Gasteiger partial charge in [0.25, 0.3) is 0 Å². The van der Waals surface area contributed by atoms with Crippen molar-refractivity contribution in [2.24, 2.45) is 0 Å². The normalized spacial score (nSPS) is 10.4. The molecule has 0 aliphatic heterocycles. The van der Waals surface area contributed by atoms with Gasteiger partial charge in [-0.1, -0.05) is 6.07 Å². The van der Waals surface area contributed by atoms with Gasteiger partial charge in [0.1, 0.15) is 11.6 Å². The molecule has 0 spiro atoms. The first-order chi connectivity index (χ1) is 11.7. The van der Waals surface area contributed by atoms with Gasteiger partial charge >= 0.3 is 0 Å². The van der Waals surface area contributed by atoms with Crippen LogP contribution in [0.25, 0.3) is 0 Å². The number of nitrogens with zero attached hydrogens (tertiary/aromatic N) is 6. The lowest BCUT2D eigenvalue weighted by Gasteiger charge is -2.17. The zero-order valence-corrected chi connectivity index (χ0v) is 13.9. The third-order valence-electron chi connectivity index (χ3n) is 3.36. The largest absolute Gasteiger partial charge is 0.354 e. The van der Waals surface area contributed by atoms with Crippen LogP contribution >= 0.6 is 11.6 Å². The van der Waals surface area contributed by atoms with Crippen LogP contribution in [0.2, 0.25) is 5.28 Å². The lowest BCUT2D eigenvalue weighted by atomic mass is 10.2. The average Bonchev–Trinajstić information content (AvgIpc) is 2.62. The van der Waals surface area contributed by atoms with Gasteiger partial charge < -0.3 is 10.2 Å². The van der Waals surface area contributed by atoms with E-state index >= 15 is 0 Å². The summed E-state index contributed by atoms with van der Waals surface area (Å²) in [5, 5.41) is 3.41. The quantitative estimate of drug-likeness (QED) is 0.690. The zero-order chi connectivity index (χ0) is 16.8. The van der Waals surface area contributed by atoms with Crippen molar-refractivity contribution in [2.75, 3.05) is 23.8 Å². The highest BCUT2D eigenvalue weighted by Gasteiger charge is 2.09. The van der Waals surface area contributed by atoms with Crippen molar-refractivity contribution in [1.29, 1.82) is 0 Å². The molecule has 0 saturated carbocycles. The van der Waals surface area contributed by atoms with Crippen LogP contribution in [0.3, 0.4) is 0 Å². The van der Waals surface area contributed by atoms with Crippen LogP contribution in [0.15, 0.2) is 49.1 Å². The van der Waals surface area contributed by atoms with Gasteiger partial charge in [-0.15, -0.1) is 0 Å². The Morgan fingerprint density at radius 3 is 2.58 bits per heavy atom. The van der Waals surface area contributed by atoms with Crippen molar-refractivity contribution in [3.63, 3.8) is 0 Å². The molecule has 0 atom stereocenters. The molecule has 1 N–H and O–H groups in total. The molecule has 0 aliphatic rings. The Bertz CT molecular complexity index is 797. The van der Waals surface area contributed by atoms with Crippen LogP contribution < -0.4 is 10.2 Å². The maximum atomic E-state index is 5.84. The Morgan fingerprint density at radius 2 is 1.83 bits per heavy atom. The number of anilines is 3. The maximum absolute atomic E-state index is 5.84. The number of nitrogens with one attached hydrogen (secondary N) is 1. The van der Waals surface area contributed by atoms with Gasteiger partial charge in [-0.05, 0) is 41.8 Å². The lowest BCUT2D eigenvalue weighted by Crippen LogP contribution is -2.15. The molecule has 0 saturated heterocycles. The predicted octanol–water partition coefficient (Wildman–Crippen LogP) is 2.74. The summed E-state index contributed by atoms with van der Waals surface area (Å²) in [5.41, 5.74) is 1.16. The summed E-state index contributed by atoms with van der Waals surface area (Å²) in [5.74, 6) is 1.93. The molecule has 0 aromatic carbocycles. The van der Waals surface area contributed by atoms with Crippen LogP contribution in [0.5, 0.6) is 0 Å². The van der Waals surface area contributed by atoms with Crippen molar-refractivity contribution in [1.82, 2.24) is 24.9 Å². The topological polar surface area (TPSA) is 79.7 Å². The third-order valence-corrected chi connectivity index (χ3v) is 3.54. The standard InChI is InChI=1S/C16H16ClN7/c1-24(13-5-9-19-15(17)22-13)14-6-10-21-16(23-14)20-8-4-12-3-2-7-18-11-12/h2-3,5-7,9-11H,4,8H2,1H3,(H,20,21,23). The van der Waals surface area contributed by atoms with Crippen LogP contribution in [0.4, 0.5) is 17.6 Å². The van der Waals surface area contributed by atoms with Gasteiger partial charge in [-0.3, -0.25) is 4.98 Å². The molecule has 3 rings (SSSR count). The van der Waals surface area contributed by atoms with E-state index in [-0.39, 0.29) is 5.28 Å². The molecule has 3 aromatic rings. The summed E-state index contributed by atoms with van der Waals surface area (Å²) in [4.78, 5) is 22.7. The van der Waals surface area contributed by atoms with Crippen LogP contribution in [0, 0.1) is 0 Å². The van der Waals surface area contributed by atoms with Crippen molar-refractivity contribution in [3.8, 4) is 0 Å². The number of hydrogen-bond donors (Lipinski definition) is 1. The number of hydrogen-bond acceptors (Lipinski definition) is 7. The molecule has 0 bridgehead atoms. The van der Waals surface area contributed by atoms with Crippen LogP contribution in [-0.4, -0.2) is 38.5 Å². The fourth-order valence-electron chi connectivity index (χ4n) is 2.12. The fourth-order valence-corrected chi connectivity index (χ4v) is 2.26. The molecule has 0 fully saturated rings. The molecule has 0 amide bonds. The molecular weight excluding hydrogens is 326 g/mol. The van der Waals surface area contributed by atoms with E-state index in [0.29, 0.717) is 17.6 Å². The van der Waals surface area contributed by atoms with E-state index in [1.807, 2.05) is 36.3 Å². The van der Waals surface area contributed by atoms with Crippen LogP contribution in [0.1, 0.15) is 5.56 Å². The minimum absolute atomic E-state index is 0.197. The zero-order valence-electron chi connectivity index (χ0n) is 13.1. The highest BCUT2D eigenvalue weighted by Crippen LogP contribution is 2.20. The van der Waals surface area contributed by atoms with Gasteiger partial charge in [-0.25, -0.2) is 15.0 Å². The maximum Gasteiger partial charge on any atom is 0.224 e. The number of pyridine rings is 1. The first-order valence-electron chi connectivity index (χ1n) is 7.40. The van der Waals surface area contributed by atoms with Crippen molar-refractivity contribution >= 4 is 29.2 Å². The van der Waals surface area contributed by atoms with Gasteiger partial charge in [0.15, 0.2) is 0 Å². The molecule has 0 radical (unpaired) electrons. The van der Waals surface area contributed by atoms with E-state index in [1.54, 1.807) is 24.7 Å². The number of aromatic nitrogens is 5. The van der Waals surface area contributed by atoms with Crippen molar-refractivity contribution in [3.05, 3.63) is 59.9 Å². The molecule has 0 unspecified atom stereocenters. The lowest BCUT2D eigenvalue weighted by molar-refractivity contribution is 0.964. The summed E-state index contributed by atoms with van der Waals surface area (Å²) in [7, 11) is 1.86. The number of halogens is 1. The summed E-state index contributed by atoms with van der Waals surface area (Å²) in [6.07, 6.45) is 7.77. The molecule has 8 heteroatoms. The van der Waals surface area contributed by atoms with Gasteiger partial charge in [0.05, 0.1) is 0 Å². The molecule has 3 aromatic heterocycles. The van der Waals surface area contributed by atoms with Crippen molar-refractivity contribution < 1.29 is 0 Å². The predicted molar refractivity (Wildman–Crippen MR) is 93.6 cm³/mol. The smallest absolute Gasteiger partial charge is 0.224 e. The highest BCUT2D eigenvalue weighted by atomic mass is 35.5. The summed E-state index contributed by atoms with van der Waals surface area (Å²) in [6, 6.07) is 7.54. The molecule has 24 heavy (non-hydrogen) atoms. The minimum Gasteiger partial charge on any atom is -0.354 e. The Labute approximate surface area is 144 Å². The van der Waals surface area contributed by atoms with E-state index < -0.39 is 0 Å². The minimum atomic E-state index is 0.197. The monoisotopic (exact) mass is 341 g/mol. The van der Waals surface area contributed by atoms with Crippen LogP contribution in [-0.2, 0) is 6.42 Å². The van der Waals surface area contributed by atoms with E-state index in [9.17, 15) is 0 Å². The Morgan fingerprint density at radius 1 is 1.04 bits per heavy atom. The van der Waals surface area contributed by atoms with E-state index in [4.69, 9.17) is 11.6 Å². The Balaban J connectivity index is 1.65. The first-order valence-corrected chi connectivity index (χ1v) is 7.78. The van der Waals surface area contributed by atoms with E-state index in [2.05, 4.69) is 30.2 Å². The summed E-state index contributed by atoms with van der Waals surface area (Å²) < 4.78 is 0. The first kappa shape index (κ1) is 16.1. The highest BCUT2D eigenvalue weighted by molar-refractivity contribution is 6.28. The summed E-state index contributed by atoms with van der Waals surface area (Å²) in [6.45, 7) is 0.720. The molecule has 7 nitrogen and oxygen atoms in total. The molecule has 0 aliphatic carbocycles. The SMILES string of the molecule is CN(c1ccnc(Cl)n1)c1ccnc(NCCc2cccnc2)n1. The third kappa shape index (κ3) is 4.14. The average molecular weight is 342 g/mol. The summed E-state index contributed by atoms with van der Waals surface area (Å²) >= 11 is 5.84. The number of rotatable bonds is 6. The molecular formula is C16H16ClN7. The van der Waals surface area contributed by atoms with E-state index in [1.165, 1.54) is 0 Å². The van der Waals surface area contributed by atoms with Crippen molar-refractivity contribution in [2.45, 2.75) is 6.42 Å². The Hall–Kier alpha value is -2.80.